The van der Waals surface area contributed by atoms with Gasteiger partial charge in [0.25, 0.3) is 0 Å². The van der Waals surface area contributed by atoms with Crippen LogP contribution < -0.4 is 14.1 Å². The van der Waals surface area contributed by atoms with Crippen molar-refractivity contribution in [3.8, 4) is 11.5 Å². The number of hydrogen-bond donors (Lipinski definition) is 1. The summed E-state index contributed by atoms with van der Waals surface area (Å²) in [5.74, 6) is 0.672. The Morgan fingerprint density at radius 3 is 1.77 bits per heavy atom. The number of aryl methyl sites for hydroxylation is 2. The summed E-state index contributed by atoms with van der Waals surface area (Å²) in [7, 11) is -3.96. The Morgan fingerprint density at radius 1 is 0.833 bits per heavy atom. The minimum absolute atomic E-state index is 0.0158. The first-order valence-corrected chi connectivity index (χ1v) is 11.2. The highest BCUT2D eigenvalue weighted by Crippen LogP contribution is 2.49. The molecule has 0 aliphatic heterocycles. The van der Waals surface area contributed by atoms with E-state index in [1.165, 1.54) is 24.3 Å². The van der Waals surface area contributed by atoms with Gasteiger partial charge in [-0.1, -0.05) is 24.3 Å². The van der Waals surface area contributed by atoms with Gasteiger partial charge in [-0.15, -0.1) is 0 Å². The van der Waals surface area contributed by atoms with Crippen molar-refractivity contribution in [2.24, 2.45) is 0 Å². The lowest BCUT2D eigenvalue weighted by Gasteiger charge is -2.21. The van der Waals surface area contributed by atoms with Crippen molar-refractivity contribution >= 4 is 25.2 Å². The second-order valence-electron chi connectivity index (χ2n) is 6.50. The molecule has 30 heavy (non-hydrogen) atoms. The van der Waals surface area contributed by atoms with Crippen molar-refractivity contribution < 1.29 is 26.8 Å². The predicted octanol–water partition coefficient (Wildman–Crippen LogP) is 7.59. The fourth-order valence-electron chi connectivity index (χ4n) is 2.58. The summed E-state index contributed by atoms with van der Waals surface area (Å²) < 4.78 is 62.5. The Morgan fingerprint density at radius 2 is 1.33 bits per heavy atom. The summed E-state index contributed by atoms with van der Waals surface area (Å²) in [4.78, 5) is 0.0158. The van der Waals surface area contributed by atoms with Crippen molar-refractivity contribution in [2.45, 2.75) is 24.3 Å². The largest absolute Gasteiger partial charge is 0.541 e. The van der Waals surface area contributed by atoms with Crippen LogP contribution in [0.15, 0.2) is 77.7 Å². The molecule has 0 saturated heterocycles. The molecule has 158 valence electrons. The summed E-state index contributed by atoms with van der Waals surface area (Å²) in [6, 6.07) is 19.3. The predicted molar refractivity (Wildman–Crippen MR) is 113 cm³/mol. The lowest BCUT2D eigenvalue weighted by molar-refractivity contribution is -0.0328. The summed E-state index contributed by atoms with van der Waals surface area (Å²) >= 11 is -0.223. The summed E-state index contributed by atoms with van der Waals surface area (Å²) in [6.07, 6.45) is 0. The van der Waals surface area contributed by atoms with Crippen LogP contribution in [0.3, 0.4) is 0 Å². The number of anilines is 1. The molecule has 0 atom stereocenters. The maximum absolute atomic E-state index is 13.5. The smallest absolute Gasteiger partial charge is 0.400 e. The van der Waals surface area contributed by atoms with Crippen LogP contribution in [-0.4, -0.2) is 5.51 Å². The number of benzene rings is 3. The maximum atomic E-state index is 13.5. The first-order chi connectivity index (χ1) is 14.1. The van der Waals surface area contributed by atoms with Gasteiger partial charge in [0.15, 0.2) is 0 Å². The van der Waals surface area contributed by atoms with E-state index in [0.717, 1.165) is 11.1 Å². The Kier molecular flexibility index (Phi) is 6.68. The quantitative estimate of drug-likeness (QED) is 0.295. The zero-order chi connectivity index (χ0) is 21.8. The number of halogens is 3. The average Bonchev–Trinajstić information content (AvgIpc) is 2.62. The van der Waals surface area contributed by atoms with E-state index >= 15 is 0 Å². The zero-order valence-corrected chi connectivity index (χ0v) is 17.9. The third kappa shape index (κ3) is 6.75. The zero-order valence-electron chi connectivity index (χ0n) is 16.1. The molecule has 0 aliphatic rings. The van der Waals surface area contributed by atoms with Crippen molar-refractivity contribution in [3.63, 3.8) is 0 Å². The van der Waals surface area contributed by atoms with E-state index in [1.807, 2.05) is 26.0 Å². The van der Waals surface area contributed by atoms with E-state index in [9.17, 15) is 17.7 Å². The van der Waals surface area contributed by atoms with E-state index in [-0.39, 0.29) is 16.7 Å². The first-order valence-electron chi connectivity index (χ1n) is 8.87. The molecule has 0 fully saturated rings. The molecule has 4 nitrogen and oxygen atoms in total. The molecule has 0 amide bonds. The molecule has 0 spiro atoms. The standard InChI is InChI=1S/C21H19F3NO3PS/c1-15-5-3-7-18(13-15)27-29(26,28-19-8-4-6-16(2)14-19)25-17-9-11-20(12-10-17)30-21(22,23)24/h3-14H,1-2H3,(H,25,26). The normalized spacial score (nSPS) is 11.8. The summed E-state index contributed by atoms with van der Waals surface area (Å²) in [6.45, 7) is 3.73. The number of hydrogen-bond acceptors (Lipinski definition) is 4. The van der Waals surface area contributed by atoms with Crippen LogP contribution in [0, 0.1) is 13.8 Å². The number of nitrogens with one attached hydrogen (secondary N) is 1. The molecule has 0 aliphatic carbocycles. The van der Waals surface area contributed by atoms with Gasteiger partial charge < -0.3 is 9.05 Å². The molecule has 0 radical (unpaired) electrons. The van der Waals surface area contributed by atoms with Crippen molar-refractivity contribution in [2.75, 3.05) is 5.09 Å². The Labute approximate surface area is 177 Å². The van der Waals surface area contributed by atoms with Gasteiger partial charge in [0.1, 0.15) is 11.5 Å². The van der Waals surface area contributed by atoms with E-state index in [1.54, 1.807) is 36.4 Å². The van der Waals surface area contributed by atoms with Gasteiger partial charge in [-0.25, -0.2) is 4.57 Å². The SMILES string of the molecule is Cc1cccc(OP(=O)(Nc2ccc(SC(F)(F)F)cc2)Oc2cccc(C)c2)c1. The third-order valence-electron chi connectivity index (χ3n) is 3.78. The third-order valence-corrected chi connectivity index (χ3v) is 5.96. The highest BCUT2D eigenvalue weighted by atomic mass is 32.2. The molecule has 0 aromatic heterocycles. The van der Waals surface area contributed by atoms with Gasteiger partial charge in [-0.05, 0) is 85.3 Å². The number of thioether (sulfide) groups is 1. The highest BCUT2D eigenvalue weighted by Gasteiger charge is 2.31. The lowest BCUT2D eigenvalue weighted by atomic mass is 10.2. The fraction of sp³-hybridized carbons (Fsp3) is 0.143. The molecule has 3 aromatic rings. The first kappa shape index (κ1) is 22.1. The van der Waals surface area contributed by atoms with Gasteiger partial charge in [0.05, 0.1) is 0 Å². The number of rotatable bonds is 7. The van der Waals surface area contributed by atoms with Crippen LogP contribution in [0.1, 0.15) is 11.1 Å². The molecule has 0 saturated carbocycles. The topological polar surface area (TPSA) is 47.6 Å². The van der Waals surface area contributed by atoms with Crippen LogP contribution in [0.4, 0.5) is 18.9 Å². The minimum atomic E-state index is -4.38. The maximum Gasteiger partial charge on any atom is 0.541 e. The van der Waals surface area contributed by atoms with Gasteiger partial charge in [0.2, 0.25) is 0 Å². The fourth-order valence-corrected chi connectivity index (χ4v) is 4.49. The molecular formula is C21H19F3NO3PS. The Bertz CT molecular complexity index is 1010. The van der Waals surface area contributed by atoms with Crippen LogP contribution >= 0.6 is 19.5 Å². The molecule has 1 N–H and O–H groups in total. The number of alkyl halides is 3. The van der Waals surface area contributed by atoms with Crippen LogP contribution in [-0.2, 0) is 4.57 Å². The Hall–Kier alpha value is -2.57. The minimum Gasteiger partial charge on any atom is -0.400 e. The van der Waals surface area contributed by atoms with E-state index in [0.29, 0.717) is 17.2 Å². The van der Waals surface area contributed by atoms with Gasteiger partial charge >= 0.3 is 13.3 Å². The van der Waals surface area contributed by atoms with Gasteiger partial charge in [-0.3, -0.25) is 5.09 Å². The van der Waals surface area contributed by atoms with Crippen molar-refractivity contribution in [3.05, 3.63) is 83.9 Å². The molecule has 0 unspecified atom stereocenters. The molecule has 9 heteroatoms. The Balaban J connectivity index is 1.86. The van der Waals surface area contributed by atoms with Gasteiger partial charge in [0, 0.05) is 10.6 Å². The average molecular weight is 453 g/mol. The van der Waals surface area contributed by atoms with Crippen LogP contribution in [0.25, 0.3) is 0 Å². The van der Waals surface area contributed by atoms with Gasteiger partial charge in [-0.2, -0.15) is 13.2 Å². The molecule has 3 aromatic carbocycles. The highest BCUT2D eigenvalue weighted by molar-refractivity contribution is 8.00. The summed E-state index contributed by atoms with van der Waals surface area (Å²) in [5.41, 5.74) is -2.27. The van der Waals surface area contributed by atoms with E-state index in [4.69, 9.17) is 9.05 Å². The molecule has 0 heterocycles. The summed E-state index contributed by atoms with van der Waals surface area (Å²) in [5, 5.41) is 2.70. The molecular weight excluding hydrogens is 434 g/mol. The van der Waals surface area contributed by atoms with Crippen LogP contribution in [0.2, 0.25) is 0 Å². The second-order valence-corrected chi connectivity index (χ2v) is 9.22. The monoisotopic (exact) mass is 453 g/mol. The van der Waals surface area contributed by atoms with E-state index in [2.05, 4.69) is 5.09 Å². The van der Waals surface area contributed by atoms with Crippen molar-refractivity contribution in [1.82, 2.24) is 0 Å². The van der Waals surface area contributed by atoms with E-state index < -0.39 is 13.3 Å². The molecule has 3 rings (SSSR count). The van der Waals surface area contributed by atoms with Crippen LogP contribution in [0.5, 0.6) is 11.5 Å². The lowest BCUT2D eigenvalue weighted by Crippen LogP contribution is -2.10. The van der Waals surface area contributed by atoms with Crippen molar-refractivity contribution in [1.29, 1.82) is 0 Å². The second kappa shape index (κ2) is 9.06. The molecule has 0 bridgehead atoms.